The molecule has 1 saturated heterocycles. The number of nitrogens with one attached hydrogen (secondary N) is 1. The molecular formula is C27H25F2N5O3. The van der Waals surface area contributed by atoms with Crippen LogP contribution in [0.4, 0.5) is 14.6 Å². The molecule has 0 aliphatic carbocycles. The summed E-state index contributed by atoms with van der Waals surface area (Å²) in [7, 11) is 0. The van der Waals surface area contributed by atoms with Crippen LogP contribution >= 0.6 is 0 Å². The van der Waals surface area contributed by atoms with Crippen LogP contribution in [-0.2, 0) is 4.79 Å². The minimum Gasteiger partial charge on any atom is -0.451 e. The zero-order valence-corrected chi connectivity index (χ0v) is 19.9. The number of likely N-dealkylation sites (tertiary alicyclic amines) is 1. The number of nitrogens with zero attached hydrogens (tertiary/aromatic N) is 3. The molecule has 37 heavy (non-hydrogen) atoms. The Morgan fingerprint density at radius 3 is 2.65 bits per heavy atom. The number of halogens is 2. The summed E-state index contributed by atoms with van der Waals surface area (Å²) in [6.07, 6.45) is 5.26. The summed E-state index contributed by atoms with van der Waals surface area (Å²) < 4.78 is 35.3. The van der Waals surface area contributed by atoms with Gasteiger partial charge in [-0.25, -0.2) is 13.9 Å². The summed E-state index contributed by atoms with van der Waals surface area (Å²) in [6.45, 7) is 4.75. The van der Waals surface area contributed by atoms with Crippen molar-refractivity contribution in [2.24, 2.45) is 0 Å². The van der Waals surface area contributed by atoms with Gasteiger partial charge in [0.1, 0.15) is 11.3 Å². The maximum absolute atomic E-state index is 14.0. The van der Waals surface area contributed by atoms with Crippen LogP contribution < -0.4 is 16.0 Å². The lowest BCUT2D eigenvalue weighted by Gasteiger charge is -2.33. The van der Waals surface area contributed by atoms with E-state index in [1.54, 1.807) is 35.2 Å². The smallest absolute Gasteiger partial charge is 0.288 e. The van der Waals surface area contributed by atoms with Crippen molar-refractivity contribution in [3.63, 3.8) is 0 Å². The monoisotopic (exact) mass is 505 g/mol. The van der Waals surface area contributed by atoms with Crippen molar-refractivity contribution in [1.29, 1.82) is 0 Å². The van der Waals surface area contributed by atoms with E-state index in [1.165, 1.54) is 6.07 Å². The Morgan fingerprint density at radius 2 is 1.95 bits per heavy atom. The third-order valence-electron chi connectivity index (χ3n) is 6.55. The highest BCUT2D eigenvalue weighted by atomic mass is 19.1. The number of para-hydroxylation sites is 1. The fourth-order valence-corrected chi connectivity index (χ4v) is 4.80. The molecule has 2 aromatic carbocycles. The van der Waals surface area contributed by atoms with Crippen LogP contribution in [0.25, 0.3) is 22.0 Å². The highest BCUT2D eigenvalue weighted by Crippen LogP contribution is 2.37. The molecule has 5 rings (SSSR count). The predicted molar refractivity (Wildman–Crippen MR) is 136 cm³/mol. The summed E-state index contributed by atoms with van der Waals surface area (Å²) in [5.74, 6) is -1.71. The molecule has 1 aliphatic rings. The largest absolute Gasteiger partial charge is 0.451 e. The normalized spacial score (nSPS) is 15.6. The van der Waals surface area contributed by atoms with Gasteiger partial charge in [-0.05, 0) is 42.7 Å². The first-order chi connectivity index (χ1) is 17.9. The molecule has 0 radical (unpaired) electrons. The number of aromatic nitrogens is 3. The average Bonchev–Trinajstić information content (AvgIpc) is 3.31. The Labute approximate surface area is 211 Å². The van der Waals surface area contributed by atoms with Gasteiger partial charge in [0.2, 0.25) is 5.91 Å². The topological polar surface area (TPSA) is 106 Å². The molecule has 4 aromatic rings. The van der Waals surface area contributed by atoms with E-state index in [-0.39, 0.29) is 35.5 Å². The zero-order valence-electron chi connectivity index (χ0n) is 19.9. The molecule has 3 N–H and O–H groups in total. The fourth-order valence-electron chi connectivity index (χ4n) is 4.80. The first-order valence-electron chi connectivity index (χ1n) is 11.9. The molecule has 0 bridgehead atoms. The third-order valence-corrected chi connectivity index (χ3v) is 6.55. The minimum absolute atomic E-state index is 0.00615. The third kappa shape index (κ3) is 4.57. The molecule has 1 aliphatic heterocycles. The fraction of sp³-hybridized carbons (Fsp3) is 0.222. The zero-order chi connectivity index (χ0) is 26.1. The quantitative estimate of drug-likeness (QED) is 0.367. The van der Waals surface area contributed by atoms with Gasteiger partial charge in [-0.15, -0.1) is 6.58 Å². The number of hydrogen-bond acceptors (Lipinski definition) is 5. The maximum atomic E-state index is 14.0. The number of carbonyl (C=O) groups excluding carboxylic acids is 1. The summed E-state index contributed by atoms with van der Waals surface area (Å²) in [6, 6.07) is 9.96. The SMILES string of the molecule is C=CCC(=O)N1CCC[C@@H](n2cc(-c3ccc(Oc4c(F)cccc4F)cc3)c3c(N)n[nH]c(=O)c32)C1. The Kier molecular flexibility index (Phi) is 6.47. The van der Waals surface area contributed by atoms with Gasteiger partial charge in [-0.3, -0.25) is 9.59 Å². The lowest BCUT2D eigenvalue weighted by atomic mass is 10.0. The number of carbonyl (C=O) groups is 1. The Hall–Kier alpha value is -4.47. The van der Waals surface area contributed by atoms with Gasteiger partial charge in [0.15, 0.2) is 23.2 Å². The summed E-state index contributed by atoms with van der Waals surface area (Å²) in [5.41, 5.74) is 7.57. The molecule has 190 valence electrons. The highest BCUT2D eigenvalue weighted by Gasteiger charge is 2.28. The average molecular weight is 506 g/mol. The summed E-state index contributed by atoms with van der Waals surface area (Å²) in [4.78, 5) is 27.2. The maximum Gasteiger partial charge on any atom is 0.288 e. The van der Waals surface area contributed by atoms with E-state index in [1.807, 2.05) is 10.8 Å². The predicted octanol–water partition coefficient (Wildman–Crippen LogP) is 4.78. The van der Waals surface area contributed by atoms with Gasteiger partial charge in [0, 0.05) is 31.3 Å². The van der Waals surface area contributed by atoms with Crippen LogP contribution in [0, 0.1) is 11.6 Å². The number of amides is 1. The Bertz CT molecular complexity index is 1520. The molecule has 10 heteroatoms. The number of benzene rings is 2. The van der Waals surface area contributed by atoms with Crippen LogP contribution in [0.15, 0.2) is 66.1 Å². The second-order valence-electron chi connectivity index (χ2n) is 8.92. The Balaban J connectivity index is 1.52. The van der Waals surface area contributed by atoms with Crippen molar-refractivity contribution >= 4 is 22.6 Å². The van der Waals surface area contributed by atoms with Crippen molar-refractivity contribution in [3.8, 4) is 22.6 Å². The molecule has 2 aromatic heterocycles. The van der Waals surface area contributed by atoms with Crippen molar-refractivity contribution in [2.45, 2.75) is 25.3 Å². The van der Waals surface area contributed by atoms with Crippen molar-refractivity contribution in [2.75, 3.05) is 18.8 Å². The van der Waals surface area contributed by atoms with E-state index in [0.717, 1.165) is 25.0 Å². The standard InChI is InChI=1S/C27H25F2N5O3/c1-2-5-22(35)33-13-4-6-17(14-33)34-15-19(23-24(34)27(36)32-31-26(23)30)16-9-11-18(12-10-16)37-25-20(28)7-3-8-21(25)29/h2-3,7-12,15,17H,1,4-6,13-14H2,(H2,30,31)(H,32,36)/t17-/m1/s1. The van der Waals surface area contributed by atoms with Crippen LogP contribution in [0.2, 0.25) is 0 Å². The number of fused-ring (bicyclic) bond motifs is 1. The van der Waals surface area contributed by atoms with Gasteiger partial charge in [-0.1, -0.05) is 24.3 Å². The second-order valence-corrected chi connectivity index (χ2v) is 8.92. The molecule has 0 spiro atoms. The van der Waals surface area contributed by atoms with Crippen LogP contribution in [-0.4, -0.2) is 38.7 Å². The molecule has 1 amide bonds. The first kappa shape index (κ1) is 24.2. The first-order valence-corrected chi connectivity index (χ1v) is 11.9. The van der Waals surface area contributed by atoms with Gasteiger partial charge in [-0.2, -0.15) is 5.10 Å². The van der Waals surface area contributed by atoms with E-state index in [4.69, 9.17) is 10.5 Å². The van der Waals surface area contributed by atoms with E-state index < -0.39 is 17.4 Å². The van der Waals surface area contributed by atoms with Gasteiger partial charge >= 0.3 is 0 Å². The van der Waals surface area contributed by atoms with E-state index in [2.05, 4.69) is 16.8 Å². The number of H-pyrrole nitrogens is 1. The molecule has 8 nitrogen and oxygen atoms in total. The van der Waals surface area contributed by atoms with E-state index in [0.29, 0.717) is 35.1 Å². The Morgan fingerprint density at radius 1 is 1.22 bits per heavy atom. The number of nitrogen functional groups attached to an aromatic ring is 1. The van der Waals surface area contributed by atoms with Crippen molar-refractivity contribution < 1.29 is 18.3 Å². The van der Waals surface area contributed by atoms with Crippen LogP contribution in [0.3, 0.4) is 0 Å². The van der Waals surface area contributed by atoms with Crippen molar-refractivity contribution in [3.05, 3.63) is 83.3 Å². The number of ether oxygens (including phenoxy) is 1. The minimum atomic E-state index is -0.807. The van der Waals surface area contributed by atoms with Gasteiger partial charge in [0.25, 0.3) is 5.56 Å². The number of aromatic amines is 1. The molecule has 0 saturated carbocycles. The summed E-state index contributed by atoms with van der Waals surface area (Å²) >= 11 is 0. The number of anilines is 1. The number of piperidine rings is 1. The summed E-state index contributed by atoms with van der Waals surface area (Å²) in [5, 5.41) is 6.90. The second kappa shape index (κ2) is 9.88. The van der Waals surface area contributed by atoms with E-state index in [9.17, 15) is 18.4 Å². The molecule has 0 unspecified atom stereocenters. The number of nitrogens with two attached hydrogens (primary N) is 1. The molecule has 1 fully saturated rings. The van der Waals surface area contributed by atoms with E-state index >= 15 is 0 Å². The number of hydrogen-bond donors (Lipinski definition) is 2. The molecular weight excluding hydrogens is 480 g/mol. The van der Waals surface area contributed by atoms with Crippen LogP contribution in [0.1, 0.15) is 25.3 Å². The number of rotatable bonds is 6. The molecule has 3 heterocycles. The van der Waals surface area contributed by atoms with Crippen LogP contribution in [0.5, 0.6) is 11.5 Å². The lowest BCUT2D eigenvalue weighted by Crippen LogP contribution is -2.40. The van der Waals surface area contributed by atoms with Gasteiger partial charge < -0.3 is 19.9 Å². The molecule has 1 atom stereocenters. The van der Waals surface area contributed by atoms with Crippen molar-refractivity contribution in [1.82, 2.24) is 19.7 Å². The lowest BCUT2D eigenvalue weighted by molar-refractivity contribution is -0.131. The van der Waals surface area contributed by atoms with Gasteiger partial charge in [0.05, 0.1) is 11.4 Å². The highest BCUT2D eigenvalue weighted by molar-refractivity contribution is 6.02.